The third kappa shape index (κ3) is 2.33. The summed E-state index contributed by atoms with van der Waals surface area (Å²) in [6.45, 7) is 2.00. The van der Waals surface area contributed by atoms with Gasteiger partial charge in [-0.05, 0) is 36.7 Å². The lowest BCUT2D eigenvalue weighted by Crippen LogP contribution is -2.01. The van der Waals surface area contributed by atoms with Crippen LogP contribution in [0.1, 0.15) is 21.6 Å². The van der Waals surface area contributed by atoms with Crippen molar-refractivity contribution in [2.45, 2.75) is 6.92 Å². The van der Waals surface area contributed by atoms with Gasteiger partial charge in [0.2, 0.25) is 5.78 Å². The summed E-state index contributed by atoms with van der Waals surface area (Å²) in [5.74, 6) is -0.0237. The van der Waals surface area contributed by atoms with Crippen molar-refractivity contribution >= 4 is 43.3 Å². The van der Waals surface area contributed by atoms with Crippen LogP contribution in [0.25, 0.3) is 10.1 Å². The van der Waals surface area contributed by atoms with Crippen LogP contribution in [0, 0.1) is 6.92 Å². The molecule has 1 aromatic heterocycles. The normalized spacial score (nSPS) is 10.8. The van der Waals surface area contributed by atoms with Crippen molar-refractivity contribution in [3.05, 3.63) is 63.8 Å². The SMILES string of the molecule is Cc1ccc(C(=O)c2nsc3ccc(Br)cc23)cc1. The Kier molecular flexibility index (Phi) is 3.21. The Morgan fingerprint density at radius 2 is 1.89 bits per heavy atom. The first-order valence-electron chi connectivity index (χ1n) is 5.81. The van der Waals surface area contributed by atoms with Crippen LogP contribution in [0.5, 0.6) is 0 Å². The van der Waals surface area contributed by atoms with Gasteiger partial charge in [-0.2, -0.15) is 4.37 Å². The van der Waals surface area contributed by atoms with Gasteiger partial charge in [0.15, 0.2) is 0 Å². The molecule has 3 rings (SSSR count). The van der Waals surface area contributed by atoms with Gasteiger partial charge in [-0.15, -0.1) is 0 Å². The summed E-state index contributed by atoms with van der Waals surface area (Å²) in [5.41, 5.74) is 2.35. The lowest BCUT2D eigenvalue weighted by atomic mass is 10.0. The Balaban J connectivity index is 2.11. The Labute approximate surface area is 123 Å². The summed E-state index contributed by atoms with van der Waals surface area (Å²) in [6.07, 6.45) is 0. The van der Waals surface area contributed by atoms with Crippen molar-refractivity contribution in [3.63, 3.8) is 0 Å². The first-order chi connectivity index (χ1) is 9.15. The van der Waals surface area contributed by atoms with Crippen LogP contribution in [0.4, 0.5) is 0 Å². The molecule has 2 nitrogen and oxygen atoms in total. The van der Waals surface area contributed by atoms with Crippen LogP contribution in [0.2, 0.25) is 0 Å². The Morgan fingerprint density at radius 1 is 1.16 bits per heavy atom. The highest BCUT2D eigenvalue weighted by atomic mass is 79.9. The highest BCUT2D eigenvalue weighted by Gasteiger charge is 2.16. The van der Waals surface area contributed by atoms with Crippen molar-refractivity contribution in [1.29, 1.82) is 0 Å². The van der Waals surface area contributed by atoms with Crippen LogP contribution in [0.3, 0.4) is 0 Å². The van der Waals surface area contributed by atoms with Gasteiger partial charge in [-0.25, -0.2) is 0 Å². The standard InChI is InChI=1S/C15H10BrNOS/c1-9-2-4-10(5-3-9)15(18)14-12-8-11(16)6-7-13(12)19-17-14/h2-8H,1H3. The molecule has 2 aromatic carbocycles. The van der Waals surface area contributed by atoms with Crippen LogP contribution in [-0.4, -0.2) is 10.2 Å². The van der Waals surface area contributed by atoms with E-state index in [0.29, 0.717) is 11.3 Å². The van der Waals surface area contributed by atoms with Crippen LogP contribution < -0.4 is 0 Å². The second kappa shape index (κ2) is 4.87. The number of hydrogen-bond acceptors (Lipinski definition) is 3. The fraction of sp³-hybridized carbons (Fsp3) is 0.0667. The lowest BCUT2D eigenvalue weighted by molar-refractivity contribution is 0.103. The van der Waals surface area contributed by atoms with E-state index < -0.39 is 0 Å². The Morgan fingerprint density at radius 3 is 2.63 bits per heavy atom. The maximum atomic E-state index is 12.5. The monoisotopic (exact) mass is 331 g/mol. The smallest absolute Gasteiger partial charge is 0.213 e. The van der Waals surface area contributed by atoms with Crippen molar-refractivity contribution < 1.29 is 4.79 Å². The molecule has 0 bridgehead atoms. The zero-order valence-electron chi connectivity index (χ0n) is 10.2. The highest BCUT2D eigenvalue weighted by molar-refractivity contribution is 9.10. The molecule has 0 fully saturated rings. The summed E-state index contributed by atoms with van der Waals surface area (Å²) in [6, 6.07) is 13.5. The van der Waals surface area contributed by atoms with Gasteiger partial charge in [0.1, 0.15) is 5.69 Å². The number of ketones is 1. The number of aromatic nitrogens is 1. The minimum Gasteiger partial charge on any atom is -0.287 e. The second-order valence-corrected chi connectivity index (χ2v) is 6.09. The summed E-state index contributed by atoms with van der Waals surface area (Å²) >= 11 is 4.79. The van der Waals surface area contributed by atoms with Crippen molar-refractivity contribution in [2.24, 2.45) is 0 Å². The van der Waals surface area contributed by atoms with E-state index in [0.717, 1.165) is 20.1 Å². The molecule has 0 N–H and O–H groups in total. The Hall–Kier alpha value is -1.52. The maximum Gasteiger partial charge on any atom is 0.213 e. The van der Waals surface area contributed by atoms with Crippen molar-refractivity contribution in [2.75, 3.05) is 0 Å². The zero-order valence-corrected chi connectivity index (χ0v) is 12.6. The molecule has 0 radical (unpaired) electrons. The largest absolute Gasteiger partial charge is 0.287 e. The number of carbonyl (C=O) groups excluding carboxylic acids is 1. The molecule has 0 spiro atoms. The number of hydrogen-bond donors (Lipinski definition) is 0. The van der Waals surface area contributed by atoms with Crippen LogP contribution in [0.15, 0.2) is 46.9 Å². The molecule has 0 aliphatic rings. The van der Waals surface area contributed by atoms with E-state index >= 15 is 0 Å². The van der Waals surface area contributed by atoms with E-state index in [2.05, 4.69) is 20.3 Å². The molecule has 1 heterocycles. The highest BCUT2D eigenvalue weighted by Crippen LogP contribution is 2.27. The predicted molar refractivity (Wildman–Crippen MR) is 81.9 cm³/mol. The third-order valence-corrected chi connectivity index (χ3v) is 4.28. The van der Waals surface area contributed by atoms with E-state index in [1.807, 2.05) is 49.4 Å². The number of halogens is 1. The van der Waals surface area contributed by atoms with Crippen molar-refractivity contribution in [1.82, 2.24) is 4.37 Å². The Bertz CT molecular complexity index is 761. The van der Waals surface area contributed by atoms with Gasteiger partial charge < -0.3 is 0 Å². The van der Waals surface area contributed by atoms with Gasteiger partial charge in [-0.3, -0.25) is 4.79 Å². The molecule has 0 saturated heterocycles. The summed E-state index contributed by atoms with van der Waals surface area (Å²) < 4.78 is 6.29. The number of rotatable bonds is 2. The molecule has 0 aliphatic heterocycles. The number of benzene rings is 2. The quantitative estimate of drug-likeness (QED) is 0.642. The van der Waals surface area contributed by atoms with Gasteiger partial charge in [0.25, 0.3) is 0 Å². The van der Waals surface area contributed by atoms with E-state index in [-0.39, 0.29) is 5.78 Å². The number of carbonyl (C=O) groups is 1. The average Bonchev–Trinajstić information content (AvgIpc) is 2.81. The van der Waals surface area contributed by atoms with Crippen molar-refractivity contribution in [3.8, 4) is 0 Å². The molecule has 4 heteroatoms. The number of fused-ring (bicyclic) bond motifs is 1. The van der Waals surface area contributed by atoms with Gasteiger partial charge in [0.05, 0.1) is 4.70 Å². The van der Waals surface area contributed by atoms with Crippen LogP contribution >= 0.6 is 27.5 Å². The first-order valence-corrected chi connectivity index (χ1v) is 7.38. The maximum absolute atomic E-state index is 12.5. The molecule has 94 valence electrons. The average molecular weight is 332 g/mol. The van der Waals surface area contributed by atoms with Crippen LogP contribution in [-0.2, 0) is 0 Å². The molecular weight excluding hydrogens is 322 g/mol. The first kappa shape index (κ1) is 12.5. The fourth-order valence-corrected chi connectivity index (χ4v) is 3.03. The third-order valence-electron chi connectivity index (χ3n) is 2.96. The molecule has 19 heavy (non-hydrogen) atoms. The van der Waals surface area contributed by atoms with E-state index in [1.165, 1.54) is 11.5 Å². The zero-order chi connectivity index (χ0) is 13.4. The second-order valence-electron chi connectivity index (χ2n) is 4.37. The molecule has 0 unspecified atom stereocenters. The van der Waals surface area contributed by atoms with E-state index in [1.54, 1.807) is 0 Å². The fourth-order valence-electron chi connectivity index (χ4n) is 1.92. The number of aryl methyl sites for hydroxylation is 1. The number of nitrogens with zero attached hydrogens (tertiary/aromatic N) is 1. The molecule has 0 atom stereocenters. The summed E-state index contributed by atoms with van der Waals surface area (Å²) in [7, 11) is 0. The van der Waals surface area contributed by atoms with E-state index in [9.17, 15) is 4.79 Å². The molecule has 0 amide bonds. The molecule has 0 aliphatic carbocycles. The summed E-state index contributed by atoms with van der Waals surface area (Å²) in [4.78, 5) is 12.5. The van der Waals surface area contributed by atoms with Gasteiger partial charge in [-0.1, -0.05) is 45.8 Å². The predicted octanol–water partition coefficient (Wildman–Crippen LogP) is 4.60. The van der Waals surface area contributed by atoms with Gasteiger partial charge in [0, 0.05) is 15.4 Å². The minimum atomic E-state index is -0.0237. The minimum absolute atomic E-state index is 0.0237. The van der Waals surface area contributed by atoms with Gasteiger partial charge >= 0.3 is 0 Å². The van der Waals surface area contributed by atoms with E-state index in [4.69, 9.17) is 0 Å². The molecule has 3 aromatic rings. The summed E-state index contributed by atoms with van der Waals surface area (Å²) in [5, 5.41) is 0.907. The molecule has 0 saturated carbocycles. The topological polar surface area (TPSA) is 30.0 Å². The molecular formula is C15H10BrNOS. The lowest BCUT2D eigenvalue weighted by Gasteiger charge is -2.00.